The lowest BCUT2D eigenvalue weighted by molar-refractivity contribution is 0.0378. The molecule has 0 amide bonds. The van der Waals surface area contributed by atoms with Crippen LogP contribution in [-0.4, -0.2) is 61.3 Å². The Kier molecular flexibility index (Phi) is 5.16. The molecule has 6 nitrogen and oxygen atoms in total. The fourth-order valence-electron chi connectivity index (χ4n) is 1.88. The highest BCUT2D eigenvalue weighted by Crippen LogP contribution is 2.04. The van der Waals surface area contributed by atoms with Gasteiger partial charge in [0, 0.05) is 26.7 Å². The summed E-state index contributed by atoms with van der Waals surface area (Å²) in [5.41, 5.74) is 0.925. The smallest absolute Gasteiger partial charge is 0.222 e. The van der Waals surface area contributed by atoms with Gasteiger partial charge in [0.2, 0.25) is 5.95 Å². The van der Waals surface area contributed by atoms with E-state index in [1.54, 1.807) is 12.4 Å². The molecule has 1 saturated heterocycles. The largest absolute Gasteiger partial charge is 0.386 e. The molecule has 1 aliphatic rings. The molecule has 2 rings (SSSR count). The molecule has 100 valence electrons. The number of nitrogens with zero attached hydrogens (tertiary/aromatic N) is 3. The molecule has 0 spiro atoms. The third kappa shape index (κ3) is 4.12. The lowest BCUT2D eigenvalue weighted by Gasteiger charge is -2.26. The summed E-state index contributed by atoms with van der Waals surface area (Å²) < 4.78 is 5.31. The van der Waals surface area contributed by atoms with E-state index in [1.165, 1.54) is 0 Å². The van der Waals surface area contributed by atoms with Gasteiger partial charge in [-0.2, -0.15) is 0 Å². The van der Waals surface area contributed by atoms with Gasteiger partial charge in [0.1, 0.15) is 0 Å². The average molecular weight is 251 g/mol. The van der Waals surface area contributed by atoms with E-state index in [0.29, 0.717) is 5.95 Å². The van der Waals surface area contributed by atoms with Crippen molar-refractivity contribution in [2.45, 2.75) is 6.42 Å². The summed E-state index contributed by atoms with van der Waals surface area (Å²) in [6.07, 6.45) is 4.64. The van der Waals surface area contributed by atoms with Gasteiger partial charge in [-0.05, 0) is 13.0 Å². The van der Waals surface area contributed by atoms with Crippen LogP contribution in [0.4, 0.5) is 11.6 Å². The highest BCUT2D eigenvalue weighted by Gasteiger charge is 2.08. The van der Waals surface area contributed by atoms with Crippen LogP contribution in [0.25, 0.3) is 0 Å². The quantitative estimate of drug-likeness (QED) is 0.724. The van der Waals surface area contributed by atoms with Gasteiger partial charge >= 0.3 is 0 Å². The Balaban J connectivity index is 1.62. The van der Waals surface area contributed by atoms with Crippen molar-refractivity contribution in [3.05, 3.63) is 12.4 Å². The van der Waals surface area contributed by atoms with Gasteiger partial charge in [-0.25, -0.2) is 9.97 Å². The molecule has 0 radical (unpaired) electrons. The third-order valence-corrected chi connectivity index (χ3v) is 2.98. The Morgan fingerprint density at radius 3 is 2.67 bits per heavy atom. The number of aromatic nitrogens is 2. The van der Waals surface area contributed by atoms with Crippen molar-refractivity contribution >= 4 is 11.6 Å². The first-order valence-corrected chi connectivity index (χ1v) is 6.42. The summed E-state index contributed by atoms with van der Waals surface area (Å²) >= 11 is 0. The van der Waals surface area contributed by atoms with E-state index in [4.69, 9.17) is 4.74 Å². The number of anilines is 2. The van der Waals surface area contributed by atoms with Gasteiger partial charge in [0.25, 0.3) is 0 Å². The predicted octanol–water partition coefficient (Wildman–Crippen LogP) is 0.652. The molecule has 0 unspecified atom stereocenters. The second-order valence-electron chi connectivity index (χ2n) is 4.28. The monoisotopic (exact) mass is 251 g/mol. The molecule has 1 aromatic rings. The van der Waals surface area contributed by atoms with Crippen molar-refractivity contribution in [1.82, 2.24) is 14.9 Å². The van der Waals surface area contributed by atoms with E-state index in [9.17, 15) is 0 Å². The first kappa shape index (κ1) is 13.0. The minimum Gasteiger partial charge on any atom is -0.386 e. The van der Waals surface area contributed by atoms with Gasteiger partial charge in [-0.1, -0.05) is 0 Å². The Morgan fingerprint density at radius 1 is 1.28 bits per heavy atom. The van der Waals surface area contributed by atoms with Crippen molar-refractivity contribution in [1.29, 1.82) is 0 Å². The van der Waals surface area contributed by atoms with E-state index in [0.717, 1.165) is 51.5 Å². The molecule has 18 heavy (non-hydrogen) atoms. The van der Waals surface area contributed by atoms with Crippen LogP contribution in [0.5, 0.6) is 0 Å². The third-order valence-electron chi connectivity index (χ3n) is 2.98. The van der Waals surface area contributed by atoms with Crippen molar-refractivity contribution in [2.24, 2.45) is 0 Å². The van der Waals surface area contributed by atoms with E-state index in [1.807, 2.05) is 7.05 Å². The van der Waals surface area contributed by atoms with Gasteiger partial charge in [-0.15, -0.1) is 0 Å². The van der Waals surface area contributed by atoms with Crippen LogP contribution < -0.4 is 10.6 Å². The molecule has 1 fully saturated rings. The highest BCUT2D eigenvalue weighted by molar-refractivity contribution is 5.40. The van der Waals surface area contributed by atoms with Crippen LogP contribution in [0.1, 0.15) is 6.42 Å². The fourth-order valence-corrected chi connectivity index (χ4v) is 1.88. The Morgan fingerprint density at radius 2 is 2.00 bits per heavy atom. The molecule has 1 aliphatic heterocycles. The van der Waals surface area contributed by atoms with E-state index < -0.39 is 0 Å². The van der Waals surface area contributed by atoms with Crippen molar-refractivity contribution in [2.75, 3.05) is 57.1 Å². The minimum atomic E-state index is 0.691. The molecular formula is C12H21N5O. The zero-order valence-corrected chi connectivity index (χ0v) is 10.9. The van der Waals surface area contributed by atoms with Crippen molar-refractivity contribution in [3.63, 3.8) is 0 Å². The summed E-state index contributed by atoms with van der Waals surface area (Å²) in [6, 6.07) is 0. The van der Waals surface area contributed by atoms with Crippen LogP contribution in [0.15, 0.2) is 12.4 Å². The Hall–Kier alpha value is -1.40. The molecule has 2 N–H and O–H groups in total. The first-order chi connectivity index (χ1) is 8.88. The number of hydrogen-bond acceptors (Lipinski definition) is 6. The lowest BCUT2D eigenvalue weighted by Crippen LogP contribution is -2.37. The van der Waals surface area contributed by atoms with Gasteiger partial charge in [0.15, 0.2) is 0 Å². The molecular weight excluding hydrogens is 230 g/mol. The lowest BCUT2D eigenvalue weighted by atomic mass is 10.3. The molecule has 0 bridgehead atoms. The molecule has 1 aromatic heterocycles. The highest BCUT2D eigenvalue weighted by atomic mass is 16.5. The second-order valence-corrected chi connectivity index (χ2v) is 4.28. The van der Waals surface area contributed by atoms with Gasteiger partial charge < -0.3 is 15.4 Å². The standard InChI is InChI=1S/C12H21N5O/c1-13-11-9-15-12(16-10-11)14-3-2-4-17-5-7-18-8-6-17/h9-10,13H,2-8H2,1H3,(H,14,15,16). The maximum Gasteiger partial charge on any atom is 0.222 e. The summed E-state index contributed by atoms with van der Waals surface area (Å²) in [7, 11) is 1.86. The normalized spacial score (nSPS) is 16.5. The molecule has 0 saturated carbocycles. The molecule has 0 aromatic carbocycles. The van der Waals surface area contributed by atoms with E-state index in [-0.39, 0.29) is 0 Å². The second kappa shape index (κ2) is 7.13. The number of hydrogen-bond donors (Lipinski definition) is 2. The SMILES string of the molecule is CNc1cnc(NCCCN2CCOCC2)nc1. The van der Waals surface area contributed by atoms with Crippen LogP contribution in [0.2, 0.25) is 0 Å². The van der Waals surface area contributed by atoms with Crippen molar-refractivity contribution in [3.8, 4) is 0 Å². The summed E-state index contributed by atoms with van der Waals surface area (Å²) in [4.78, 5) is 10.9. The zero-order chi connectivity index (χ0) is 12.6. The Bertz CT molecular complexity index is 337. The topological polar surface area (TPSA) is 62.3 Å². The van der Waals surface area contributed by atoms with E-state index >= 15 is 0 Å². The molecule has 0 atom stereocenters. The Labute approximate surface area is 108 Å². The summed E-state index contributed by atoms with van der Waals surface area (Å²) in [5, 5.41) is 6.22. The average Bonchev–Trinajstić information content (AvgIpc) is 2.45. The van der Waals surface area contributed by atoms with Crippen LogP contribution in [0, 0.1) is 0 Å². The predicted molar refractivity (Wildman–Crippen MR) is 71.9 cm³/mol. The summed E-state index contributed by atoms with van der Waals surface area (Å²) in [6.45, 7) is 5.83. The maximum atomic E-state index is 5.31. The van der Waals surface area contributed by atoms with E-state index in [2.05, 4.69) is 25.5 Å². The molecule has 0 aliphatic carbocycles. The maximum absolute atomic E-state index is 5.31. The van der Waals surface area contributed by atoms with Crippen LogP contribution in [-0.2, 0) is 4.74 Å². The number of morpholine rings is 1. The first-order valence-electron chi connectivity index (χ1n) is 6.42. The van der Waals surface area contributed by atoms with Crippen LogP contribution in [0.3, 0.4) is 0 Å². The summed E-state index contributed by atoms with van der Waals surface area (Å²) in [5.74, 6) is 0.691. The number of rotatable bonds is 6. The fraction of sp³-hybridized carbons (Fsp3) is 0.667. The number of ether oxygens (including phenoxy) is 1. The van der Waals surface area contributed by atoms with Crippen LogP contribution >= 0.6 is 0 Å². The van der Waals surface area contributed by atoms with Gasteiger partial charge in [0.05, 0.1) is 31.3 Å². The molecule has 2 heterocycles. The number of nitrogens with one attached hydrogen (secondary N) is 2. The molecule has 6 heteroatoms. The zero-order valence-electron chi connectivity index (χ0n) is 10.9. The van der Waals surface area contributed by atoms with Crippen molar-refractivity contribution < 1.29 is 4.74 Å². The minimum absolute atomic E-state index is 0.691. The van der Waals surface area contributed by atoms with Gasteiger partial charge in [-0.3, -0.25) is 4.90 Å².